The van der Waals surface area contributed by atoms with Crippen molar-refractivity contribution in [2.24, 2.45) is 0 Å². The van der Waals surface area contributed by atoms with Gasteiger partial charge >= 0.3 is 11.9 Å². The summed E-state index contributed by atoms with van der Waals surface area (Å²) < 4.78 is 29.5. The molecule has 29 heavy (non-hydrogen) atoms. The monoisotopic (exact) mass is 400 g/mol. The third-order valence-electron chi connectivity index (χ3n) is 3.48. The van der Waals surface area contributed by atoms with Crippen LogP contribution in [0, 0.1) is 0 Å². The Labute approximate surface area is 170 Å². The molecule has 0 aliphatic carbocycles. The minimum atomic E-state index is -0.731. The summed E-state index contributed by atoms with van der Waals surface area (Å²) in [4.78, 5) is 23.3. The average Bonchev–Trinajstić information content (AvgIpc) is 2.64. The highest BCUT2D eigenvalue weighted by Crippen LogP contribution is 2.31. The third kappa shape index (κ3) is 7.25. The van der Waals surface area contributed by atoms with Crippen molar-refractivity contribution in [1.29, 1.82) is 0 Å². The molecule has 0 saturated carbocycles. The molecule has 0 spiro atoms. The maximum atomic E-state index is 13.7. The number of carbonyl (C=O) groups is 2. The summed E-state index contributed by atoms with van der Waals surface area (Å²) in [6.45, 7) is 17.3. The van der Waals surface area contributed by atoms with Crippen molar-refractivity contribution in [3.05, 3.63) is 78.4 Å². The van der Waals surface area contributed by atoms with E-state index >= 15 is 0 Å². The number of hydrogen-bond donors (Lipinski definition) is 0. The van der Waals surface area contributed by atoms with E-state index in [4.69, 9.17) is 14.2 Å². The topological polar surface area (TPSA) is 61.8 Å². The van der Waals surface area contributed by atoms with Crippen molar-refractivity contribution in [3.63, 3.8) is 0 Å². The lowest BCUT2D eigenvalue weighted by molar-refractivity contribution is -0.134. The minimum Gasteiger partial charge on any atom is -0.493 e. The van der Waals surface area contributed by atoms with Crippen molar-refractivity contribution in [2.45, 2.75) is 27.7 Å². The van der Waals surface area contributed by atoms with Crippen LogP contribution in [0.15, 0.2) is 72.8 Å². The highest BCUT2D eigenvalue weighted by Gasteiger charge is 2.12. The zero-order chi connectivity index (χ0) is 22.1. The molecule has 0 amide bonds. The van der Waals surface area contributed by atoms with Gasteiger partial charge in [-0.25, -0.2) is 14.0 Å². The van der Waals surface area contributed by atoms with Crippen LogP contribution in [0.2, 0.25) is 0 Å². The molecular weight excluding hydrogens is 375 g/mol. The van der Waals surface area contributed by atoms with Crippen LogP contribution in [0.5, 0.6) is 11.5 Å². The molecular formula is C23H25FO5. The van der Waals surface area contributed by atoms with Crippen LogP contribution in [-0.2, 0) is 14.3 Å². The Bertz CT molecular complexity index is 902. The normalized spacial score (nSPS) is 11.5. The van der Waals surface area contributed by atoms with Gasteiger partial charge in [-0.2, -0.15) is 0 Å². The molecule has 1 rings (SSSR count). The first-order chi connectivity index (χ1) is 13.6. The zero-order valence-corrected chi connectivity index (χ0v) is 17.1. The van der Waals surface area contributed by atoms with E-state index in [0.717, 1.165) is 0 Å². The molecule has 5 nitrogen and oxygen atoms in total. The quantitative estimate of drug-likeness (QED) is 0.181. The van der Waals surface area contributed by atoms with Crippen molar-refractivity contribution in [3.8, 4) is 11.5 Å². The molecule has 0 bridgehead atoms. The lowest BCUT2D eigenvalue weighted by atomic mass is 10.1. The minimum absolute atomic E-state index is 0.148. The first-order valence-corrected chi connectivity index (χ1v) is 8.82. The molecule has 0 saturated heterocycles. The average molecular weight is 400 g/mol. The van der Waals surface area contributed by atoms with Gasteiger partial charge in [-0.1, -0.05) is 25.8 Å². The van der Waals surface area contributed by atoms with E-state index in [-0.39, 0.29) is 22.7 Å². The number of hydrogen-bond acceptors (Lipinski definition) is 5. The third-order valence-corrected chi connectivity index (χ3v) is 3.48. The second-order valence-corrected chi connectivity index (χ2v) is 6.19. The maximum Gasteiger partial charge on any atom is 0.338 e. The molecule has 6 heteroatoms. The summed E-state index contributed by atoms with van der Waals surface area (Å²) >= 11 is 0. The number of allylic oxidation sites excluding steroid dienone is 4. The van der Waals surface area contributed by atoms with Gasteiger partial charge in [-0.3, -0.25) is 0 Å². The summed E-state index contributed by atoms with van der Waals surface area (Å²) in [5.74, 6) is -1.48. The molecule has 0 aliphatic rings. The Balaban J connectivity index is 3.13. The molecule has 1 aromatic rings. The first-order valence-electron chi connectivity index (χ1n) is 8.82. The molecule has 0 N–H and O–H groups in total. The van der Waals surface area contributed by atoms with Gasteiger partial charge in [-0.15, -0.1) is 0 Å². The Morgan fingerprint density at radius 1 is 1.03 bits per heavy atom. The molecule has 0 radical (unpaired) electrons. The summed E-state index contributed by atoms with van der Waals surface area (Å²) in [6, 6.07) is 4.79. The largest absolute Gasteiger partial charge is 0.493 e. The Kier molecular flexibility index (Phi) is 8.80. The van der Waals surface area contributed by atoms with E-state index in [2.05, 4.69) is 19.7 Å². The van der Waals surface area contributed by atoms with Gasteiger partial charge in [0.25, 0.3) is 0 Å². The van der Waals surface area contributed by atoms with Crippen molar-refractivity contribution in [1.82, 2.24) is 0 Å². The number of ether oxygens (including phenoxy) is 3. The second kappa shape index (κ2) is 10.8. The number of esters is 2. The highest BCUT2D eigenvalue weighted by molar-refractivity contribution is 5.89. The van der Waals surface area contributed by atoms with Crippen LogP contribution >= 0.6 is 0 Å². The van der Waals surface area contributed by atoms with Gasteiger partial charge in [0.1, 0.15) is 17.3 Å². The van der Waals surface area contributed by atoms with Crippen LogP contribution in [0.3, 0.4) is 0 Å². The van der Waals surface area contributed by atoms with Crippen LogP contribution in [-0.4, -0.2) is 18.5 Å². The Morgan fingerprint density at radius 3 is 2.17 bits per heavy atom. The second-order valence-electron chi connectivity index (χ2n) is 6.19. The van der Waals surface area contributed by atoms with Crippen molar-refractivity contribution < 1.29 is 28.2 Å². The highest BCUT2D eigenvalue weighted by atomic mass is 19.1. The SMILES string of the molecule is C=C(C)C(=O)OC(/C=C\C(=C)c1ccc(OC(=O)C(=C)C)cc1OCC)=C(/C)F. The predicted molar refractivity (Wildman–Crippen MR) is 111 cm³/mol. The molecule has 0 unspecified atom stereocenters. The van der Waals surface area contributed by atoms with E-state index in [9.17, 15) is 14.0 Å². The molecule has 1 aromatic carbocycles. The van der Waals surface area contributed by atoms with E-state index in [1.807, 2.05) is 0 Å². The van der Waals surface area contributed by atoms with Gasteiger partial charge < -0.3 is 14.2 Å². The zero-order valence-electron chi connectivity index (χ0n) is 17.1. The lowest BCUT2D eigenvalue weighted by Crippen LogP contribution is -2.08. The van der Waals surface area contributed by atoms with Crippen molar-refractivity contribution in [2.75, 3.05) is 6.61 Å². The summed E-state index contributed by atoms with van der Waals surface area (Å²) in [5.41, 5.74) is 1.48. The number of benzene rings is 1. The van der Waals surface area contributed by atoms with Gasteiger partial charge in [0.05, 0.1) is 6.61 Å². The van der Waals surface area contributed by atoms with E-state index in [0.29, 0.717) is 23.5 Å². The summed E-state index contributed by atoms with van der Waals surface area (Å²) in [6.07, 6.45) is 2.78. The molecule has 0 aliphatic heterocycles. The van der Waals surface area contributed by atoms with Crippen LogP contribution in [0.4, 0.5) is 4.39 Å². The fourth-order valence-electron chi connectivity index (χ4n) is 1.97. The van der Waals surface area contributed by atoms with Crippen molar-refractivity contribution >= 4 is 17.5 Å². The number of rotatable bonds is 9. The van der Waals surface area contributed by atoms with Crippen LogP contribution in [0.25, 0.3) is 5.57 Å². The lowest BCUT2D eigenvalue weighted by Gasteiger charge is -2.13. The molecule has 0 heterocycles. The molecule has 0 fully saturated rings. The van der Waals surface area contributed by atoms with Gasteiger partial charge in [0.2, 0.25) is 0 Å². The predicted octanol–water partition coefficient (Wildman–Crippen LogP) is 5.46. The van der Waals surface area contributed by atoms with Crippen LogP contribution < -0.4 is 9.47 Å². The maximum absolute atomic E-state index is 13.7. The van der Waals surface area contributed by atoms with Gasteiger partial charge in [0.15, 0.2) is 5.76 Å². The Hall–Kier alpha value is -3.41. The van der Waals surface area contributed by atoms with E-state index < -0.39 is 17.8 Å². The standard InChI is InChI=1S/C23H25FO5/c1-8-27-21-13-18(28-22(25)14(2)3)10-11-19(21)16(6)9-12-20(17(7)24)29-23(26)15(4)5/h9-13H,2,4,6,8H2,1,3,5,7H3/b12-9-,20-17-. The molecule has 0 atom stereocenters. The fraction of sp³-hybridized carbons (Fsp3) is 0.217. The molecule has 154 valence electrons. The first kappa shape index (κ1) is 23.6. The van der Waals surface area contributed by atoms with Crippen LogP contribution in [0.1, 0.15) is 33.3 Å². The van der Waals surface area contributed by atoms with E-state index in [1.54, 1.807) is 32.0 Å². The van der Waals surface area contributed by atoms with Gasteiger partial charge in [-0.05, 0) is 51.5 Å². The Morgan fingerprint density at radius 2 is 1.66 bits per heavy atom. The molecule has 0 aromatic heterocycles. The van der Waals surface area contributed by atoms with E-state index in [1.165, 1.54) is 26.0 Å². The number of halogens is 1. The fourth-order valence-corrected chi connectivity index (χ4v) is 1.97. The number of carbonyl (C=O) groups excluding carboxylic acids is 2. The summed E-state index contributed by atoms with van der Waals surface area (Å²) in [5, 5.41) is 0. The van der Waals surface area contributed by atoms with Gasteiger partial charge in [0, 0.05) is 22.8 Å². The summed E-state index contributed by atoms with van der Waals surface area (Å²) in [7, 11) is 0. The smallest absolute Gasteiger partial charge is 0.338 e.